The molecule has 7 heteroatoms. The predicted molar refractivity (Wildman–Crippen MR) is 93.4 cm³/mol. The minimum Gasteiger partial charge on any atom is -0.368 e. The molecule has 1 aromatic heterocycles. The summed E-state index contributed by atoms with van der Waals surface area (Å²) in [5.41, 5.74) is 6.30. The first-order valence-corrected chi connectivity index (χ1v) is 8.24. The Bertz CT molecular complexity index is 911. The van der Waals surface area contributed by atoms with Gasteiger partial charge in [-0.1, -0.05) is 42.5 Å². The molecular formula is C18H14FN3O2S. The Balaban J connectivity index is 1.82. The van der Waals surface area contributed by atoms with Crippen LogP contribution < -0.4 is 11.1 Å². The van der Waals surface area contributed by atoms with Gasteiger partial charge in [0.1, 0.15) is 21.7 Å². The van der Waals surface area contributed by atoms with E-state index in [1.807, 2.05) is 0 Å². The minimum absolute atomic E-state index is 0.264. The molecule has 0 aliphatic rings. The fourth-order valence-electron chi connectivity index (χ4n) is 2.30. The summed E-state index contributed by atoms with van der Waals surface area (Å²) in [6.07, 6.45) is 1.35. The number of primary amides is 1. The van der Waals surface area contributed by atoms with Crippen LogP contribution in [0.1, 0.15) is 21.3 Å². The number of hydrogen-bond acceptors (Lipinski definition) is 4. The Hall–Kier alpha value is -3.06. The molecule has 0 aliphatic carbocycles. The van der Waals surface area contributed by atoms with Crippen molar-refractivity contribution in [3.63, 3.8) is 0 Å². The number of amides is 2. The lowest BCUT2D eigenvalue weighted by molar-refractivity contribution is -0.120. The molecule has 5 nitrogen and oxygen atoms in total. The molecule has 2 aromatic carbocycles. The zero-order valence-corrected chi connectivity index (χ0v) is 13.8. The van der Waals surface area contributed by atoms with E-state index in [2.05, 4.69) is 10.3 Å². The third-order valence-corrected chi connectivity index (χ3v) is 4.56. The summed E-state index contributed by atoms with van der Waals surface area (Å²) in [4.78, 5) is 28.5. The Kier molecular flexibility index (Phi) is 4.85. The lowest BCUT2D eigenvalue weighted by Gasteiger charge is -2.15. The van der Waals surface area contributed by atoms with Crippen molar-refractivity contribution in [1.82, 2.24) is 10.3 Å². The molecule has 3 N–H and O–H groups in total. The second-order valence-corrected chi connectivity index (χ2v) is 6.26. The van der Waals surface area contributed by atoms with Crippen LogP contribution in [0.25, 0.3) is 10.6 Å². The number of thiazole rings is 1. The average Bonchev–Trinajstić information content (AvgIpc) is 3.10. The van der Waals surface area contributed by atoms with Crippen LogP contribution in [0, 0.1) is 5.82 Å². The third-order valence-electron chi connectivity index (χ3n) is 3.53. The van der Waals surface area contributed by atoms with Crippen LogP contribution in [0.5, 0.6) is 0 Å². The Labute approximate surface area is 147 Å². The van der Waals surface area contributed by atoms with Crippen molar-refractivity contribution in [3.8, 4) is 10.6 Å². The number of rotatable bonds is 5. The summed E-state index contributed by atoms with van der Waals surface area (Å²) in [6, 6.07) is 13.9. The second kappa shape index (κ2) is 7.23. The monoisotopic (exact) mass is 355 g/mol. The van der Waals surface area contributed by atoms with Gasteiger partial charge in [0.05, 0.1) is 6.20 Å². The molecule has 126 valence electrons. The van der Waals surface area contributed by atoms with E-state index in [-0.39, 0.29) is 4.88 Å². The molecule has 0 saturated heterocycles. The number of nitrogens with two attached hydrogens (primary N) is 1. The Morgan fingerprint density at radius 3 is 2.44 bits per heavy atom. The maximum absolute atomic E-state index is 13.8. The first kappa shape index (κ1) is 16.8. The number of halogens is 1. The number of carbonyl (C=O) groups excluding carboxylic acids is 2. The van der Waals surface area contributed by atoms with Gasteiger partial charge in [-0.3, -0.25) is 9.59 Å². The molecule has 1 heterocycles. The molecule has 1 unspecified atom stereocenters. The zero-order chi connectivity index (χ0) is 17.8. The van der Waals surface area contributed by atoms with Crippen LogP contribution in [-0.4, -0.2) is 16.8 Å². The summed E-state index contributed by atoms with van der Waals surface area (Å²) >= 11 is 1.04. The average molecular weight is 355 g/mol. The van der Waals surface area contributed by atoms with Gasteiger partial charge in [-0.15, -0.1) is 11.3 Å². The van der Waals surface area contributed by atoms with Crippen molar-refractivity contribution in [3.05, 3.63) is 77.1 Å². The van der Waals surface area contributed by atoms with Gasteiger partial charge < -0.3 is 11.1 Å². The van der Waals surface area contributed by atoms with Crippen LogP contribution in [0.15, 0.2) is 60.8 Å². The summed E-state index contributed by atoms with van der Waals surface area (Å²) in [5.74, 6) is -1.57. The molecule has 0 radical (unpaired) electrons. The fraction of sp³-hybridized carbons (Fsp3) is 0.0556. The smallest absolute Gasteiger partial charge is 0.263 e. The molecule has 3 aromatic rings. The lowest BCUT2D eigenvalue weighted by Crippen LogP contribution is -2.37. The molecule has 0 spiro atoms. The first-order chi connectivity index (χ1) is 12.1. The minimum atomic E-state index is -0.951. The maximum atomic E-state index is 13.8. The van der Waals surface area contributed by atoms with E-state index in [1.165, 1.54) is 12.3 Å². The maximum Gasteiger partial charge on any atom is 0.263 e. The standard InChI is InChI=1S/C18H14FN3O2S/c19-13-9-5-4-8-12(13)18-21-10-14(25-18)17(24)22-15(16(20)23)11-6-2-1-3-7-11/h1-10,15H,(H2,20,23)(H,22,24). The van der Waals surface area contributed by atoms with Gasteiger partial charge in [0.2, 0.25) is 5.91 Å². The molecule has 1 atom stereocenters. The van der Waals surface area contributed by atoms with Crippen LogP contribution in [0.4, 0.5) is 4.39 Å². The molecule has 0 fully saturated rings. The number of carbonyl (C=O) groups is 2. The molecule has 0 bridgehead atoms. The Morgan fingerprint density at radius 1 is 1.08 bits per heavy atom. The highest BCUT2D eigenvalue weighted by Crippen LogP contribution is 2.27. The van der Waals surface area contributed by atoms with E-state index < -0.39 is 23.7 Å². The number of nitrogens with zero attached hydrogens (tertiary/aromatic N) is 1. The highest BCUT2D eigenvalue weighted by Gasteiger charge is 2.22. The van der Waals surface area contributed by atoms with Crippen molar-refractivity contribution in [2.24, 2.45) is 5.73 Å². The SMILES string of the molecule is NC(=O)C(NC(=O)c1cnc(-c2ccccc2F)s1)c1ccccc1. The predicted octanol–water partition coefficient (Wildman–Crippen LogP) is 2.91. The van der Waals surface area contributed by atoms with Crippen molar-refractivity contribution in [2.45, 2.75) is 6.04 Å². The molecule has 0 aliphatic heterocycles. The van der Waals surface area contributed by atoms with Crippen molar-refractivity contribution in [2.75, 3.05) is 0 Å². The molecule has 2 amide bonds. The highest BCUT2D eigenvalue weighted by molar-refractivity contribution is 7.16. The molecule has 3 rings (SSSR count). The topological polar surface area (TPSA) is 85.1 Å². The van der Waals surface area contributed by atoms with Crippen LogP contribution in [0.2, 0.25) is 0 Å². The van der Waals surface area contributed by atoms with E-state index in [0.717, 1.165) is 11.3 Å². The van der Waals surface area contributed by atoms with Crippen molar-refractivity contribution >= 4 is 23.2 Å². The number of hydrogen-bond donors (Lipinski definition) is 2. The van der Waals surface area contributed by atoms with Gasteiger partial charge in [-0.25, -0.2) is 9.37 Å². The van der Waals surface area contributed by atoms with Gasteiger partial charge in [0.15, 0.2) is 0 Å². The van der Waals surface area contributed by atoms with E-state index in [9.17, 15) is 14.0 Å². The molecule has 0 saturated carbocycles. The van der Waals surface area contributed by atoms with Crippen molar-refractivity contribution < 1.29 is 14.0 Å². The van der Waals surface area contributed by atoms with Gasteiger partial charge in [0, 0.05) is 5.56 Å². The number of nitrogens with one attached hydrogen (secondary N) is 1. The quantitative estimate of drug-likeness (QED) is 0.738. The first-order valence-electron chi connectivity index (χ1n) is 7.42. The van der Waals surface area contributed by atoms with Gasteiger partial charge >= 0.3 is 0 Å². The summed E-state index contributed by atoms with van der Waals surface area (Å²) in [5, 5.41) is 2.98. The number of aromatic nitrogens is 1. The van der Waals surface area contributed by atoms with E-state index in [0.29, 0.717) is 16.1 Å². The van der Waals surface area contributed by atoms with Crippen molar-refractivity contribution in [1.29, 1.82) is 0 Å². The van der Waals surface area contributed by atoms with Gasteiger partial charge in [-0.2, -0.15) is 0 Å². The molecular weight excluding hydrogens is 341 g/mol. The Morgan fingerprint density at radius 2 is 1.76 bits per heavy atom. The second-order valence-electron chi connectivity index (χ2n) is 5.23. The van der Waals surface area contributed by atoms with E-state index in [4.69, 9.17) is 5.73 Å². The highest BCUT2D eigenvalue weighted by atomic mass is 32.1. The van der Waals surface area contributed by atoms with E-state index in [1.54, 1.807) is 48.5 Å². The molecule has 25 heavy (non-hydrogen) atoms. The lowest BCUT2D eigenvalue weighted by atomic mass is 10.1. The largest absolute Gasteiger partial charge is 0.368 e. The normalized spacial score (nSPS) is 11.7. The van der Waals surface area contributed by atoms with Gasteiger partial charge in [-0.05, 0) is 17.7 Å². The van der Waals surface area contributed by atoms with Crippen LogP contribution in [-0.2, 0) is 4.79 Å². The summed E-state index contributed by atoms with van der Waals surface area (Å²) in [7, 11) is 0. The fourth-order valence-corrected chi connectivity index (χ4v) is 3.15. The summed E-state index contributed by atoms with van der Waals surface area (Å²) in [6.45, 7) is 0. The number of benzene rings is 2. The third kappa shape index (κ3) is 3.72. The van der Waals surface area contributed by atoms with Crippen LogP contribution in [0.3, 0.4) is 0 Å². The van der Waals surface area contributed by atoms with Gasteiger partial charge in [0.25, 0.3) is 5.91 Å². The summed E-state index contributed by atoms with van der Waals surface area (Å²) < 4.78 is 13.8. The van der Waals surface area contributed by atoms with Crippen LogP contribution >= 0.6 is 11.3 Å². The zero-order valence-electron chi connectivity index (χ0n) is 13.0. The van der Waals surface area contributed by atoms with E-state index >= 15 is 0 Å².